The van der Waals surface area contributed by atoms with E-state index in [1.807, 2.05) is 37.3 Å². The first-order valence-electron chi connectivity index (χ1n) is 7.56. The molecule has 1 aromatic rings. The average molecular weight is 315 g/mol. The van der Waals surface area contributed by atoms with Gasteiger partial charge in [-0.3, -0.25) is 4.90 Å². The molecule has 0 aromatic heterocycles. The molecule has 0 amide bonds. The predicted octanol–water partition coefficient (Wildman–Crippen LogP) is 3.35. The molecule has 0 radical (unpaired) electrons. The first-order chi connectivity index (χ1) is 10.7. The molecule has 2 unspecified atom stereocenters. The Morgan fingerprint density at radius 3 is 2.95 bits per heavy atom. The van der Waals surface area contributed by atoms with Gasteiger partial charge in [0, 0.05) is 29.6 Å². The van der Waals surface area contributed by atoms with Crippen molar-refractivity contribution in [1.29, 1.82) is 0 Å². The van der Waals surface area contributed by atoms with Crippen LogP contribution < -0.4 is 0 Å². The smallest absolute Gasteiger partial charge is 0.136 e. The van der Waals surface area contributed by atoms with Gasteiger partial charge in [0.15, 0.2) is 0 Å². The number of oxime groups is 1. The SMILES string of the molecule is C/C(C#Cc1ccc(Cl)cc1)=C/CO/N=C1/CN2CCC1C2. The van der Waals surface area contributed by atoms with Crippen molar-refractivity contribution in [2.24, 2.45) is 11.1 Å². The number of hydrogen-bond acceptors (Lipinski definition) is 3. The van der Waals surface area contributed by atoms with Crippen LogP contribution in [0.2, 0.25) is 5.02 Å². The van der Waals surface area contributed by atoms with Crippen LogP contribution in [0.4, 0.5) is 0 Å². The number of halogens is 1. The van der Waals surface area contributed by atoms with Gasteiger partial charge in [0.25, 0.3) is 0 Å². The molecule has 2 saturated heterocycles. The van der Waals surface area contributed by atoms with Crippen molar-refractivity contribution in [1.82, 2.24) is 4.90 Å². The molecule has 0 N–H and O–H groups in total. The van der Waals surface area contributed by atoms with Gasteiger partial charge >= 0.3 is 0 Å². The van der Waals surface area contributed by atoms with E-state index in [2.05, 4.69) is 21.9 Å². The molecule has 3 nitrogen and oxygen atoms in total. The summed E-state index contributed by atoms with van der Waals surface area (Å²) < 4.78 is 0. The Kier molecular flexibility index (Phi) is 4.82. The summed E-state index contributed by atoms with van der Waals surface area (Å²) in [6.45, 7) is 5.79. The number of benzene rings is 1. The summed E-state index contributed by atoms with van der Waals surface area (Å²) >= 11 is 5.84. The molecule has 2 aliphatic rings. The molecule has 1 aromatic carbocycles. The molecule has 0 spiro atoms. The lowest BCUT2D eigenvalue weighted by Gasteiger charge is -2.12. The normalized spacial score (nSPS) is 25.2. The third-order valence-electron chi connectivity index (χ3n) is 4.02. The molecular weight excluding hydrogens is 296 g/mol. The lowest BCUT2D eigenvalue weighted by molar-refractivity contribution is 0.171. The van der Waals surface area contributed by atoms with Gasteiger partial charge in [-0.1, -0.05) is 28.6 Å². The van der Waals surface area contributed by atoms with Crippen LogP contribution in [0.3, 0.4) is 0 Å². The number of hydrogen-bond donors (Lipinski definition) is 0. The van der Waals surface area contributed by atoms with Gasteiger partial charge in [0.05, 0.1) is 5.71 Å². The van der Waals surface area contributed by atoms with Crippen molar-refractivity contribution < 1.29 is 4.84 Å². The molecule has 2 fully saturated rings. The molecule has 2 aliphatic heterocycles. The van der Waals surface area contributed by atoms with E-state index < -0.39 is 0 Å². The Bertz CT molecular complexity index is 652. The maximum Gasteiger partial charge on any atom is 0.136 e. The Balaban J connectivity index is 1.48. The number of rotatable bonds is 3. The van der Waals surface area contributed by atoms with E-state index in [-0.39, 0.29) is 0 Å². The number of nitrogens with zero attached hydrogens (tertiary/aromatic N) is 2. The third-order valence-corrected chi connectivity index (χ3v) is 4.28. The van der Waals surface area contributed by atoms with Crippen LogP contribution in [0.25, 0.3) is 0 Å². The van der Waals surface area contributed by atoms with Crippen molar-refractivity contribution in [3.8, 4) is 11.8 Å². The highest BCUT2D eigenvalue weighted by molar-refractivity contribution is 6.30. The van der Waals surface area contributed by atoms with Crippen molar-refractivity contribution in [3.63, 3.8) is 0 Å². The number of piperidine rings is 1. The van der Waals surface area contributed by atoms with Crippen LogP contribution in [0, 0.1) is 17.8 Å². The van der Waals surface area contributed by atoms with E-state index in [1.165, 1.54) is 18.7 Å². The van der Waals surface area contributed by atoms with Gasteiger partial charge in [-0.25, -0.2) is 0 Å². The van der Waals surface area contributed by atoms with Crippen LogP contribution in [0.1, 0.15) is 18.9 Å². The largest absolute Gasteiger partial charge is 0.392 e. The van der Waals surface area contributed by atoms with E-state index in [9.17, 15) is 0 Å². The topological polar surface area (TPSA) is 24.8 Å². The molecule has 0 aliphatic carbocycles. The van der Waals surface area contributed by atoms with E-state index >= 15 is 0 Å². The van der Waals surface area contributed by atoms with Crippen LogP contribution in [0.5, 0.6) is 0 Å². The lowest BCUT2D eigenvalue weighted by atomic mass is 10.0. The minimum atomic E-state index is 0.470. The quantitative estimate of drug-likeness (QED) is 0.485. The maximum absolute atomic E-state index is 5.84. The maximum atomic E-state index is 5.84. The van der Waals surface area contributed by atoms with Gasteiger partial charge in [-0.2, -0.15) is 0 Å². The van der Waals surface area contributed by atoms with E-state index in [0.717, 1.165) is 29.2 Å². The summed E-state index contributed by atoms with van der Waals surface area (Å²) in [6, 6.07) is 7.51. The second kappa shape index (κ2) is 7.00. The first-order valence-corrected chi connectivity index (χ1v) is 7.94. The minimum absolute atomic E-state index is 0.470. The van der Waals surface area contributed by atoms with Gasteiger partial charge < -0.3 is 4.84 Å². The molecule has 114 valence electrons. The minimum Gasteiger partial charge on any atom is -0.392 e. The first kappa shape index (κ1) is 15.1. The van der Waals surface area contributed by atoms with Gasteiger partial charge in [0.2, 0.25) is 0 Å². The van der Waals surface area contributed by atoms with Gasteiger partial charge in [-0.05, 0) is 55.8 Å². The van der Waals surface area contributed by atoms with E-state index in [1.54, 1.807) is 0 Å². The fourth-order valence-electron chi connectivity index (χ4n) is 2.75. The number of fused-ring (bicyclic) bond motifs is 2. The second-order valence-corrected chi connectivity index (χ2v) is 6.18. The fraction of sp³-hybridized carbons (Fsp3) is 0.389. The van der Waals surface area contributed by atoms with Crippen molar-refractivity contribution in [2.45, 2.75) is 13.3 Å². The highest BCUT2D eigenvalue weighted by atomic mass is 35.5. The monoisotopic (exact) mass is 314 g/mol. The molecule has 2 atom stereocenters. The summed E-state index contributed by atoms with van der Waals surface area (Å²) in [4.78, 5) is 7.83. The molecule has 2 heterocycles. The molecule has 0 saturated carbocycles. The van der Waals surface area contributed by atoms with Crippen molar-refractivity contribution in [3.05, 3.63) is 46.5 Å². The highest BCUT2D eigenvalue weighted by Crippen LogP contribution is 2.25. The molecular formula is C18H19ClN2O. The Morgan fingerprint density at radius 2 is 2.27 bits per heavy atom. The lowest BCUT2D eigenvalue weighted by Crippen LogP contribution is -2.23. The predicted molar refractivity (Wildman–Crippen MR) is 90.0 cm³/mol. The molecule has 2 bridgehead atoms. The fourth-order valence-corrected chi connectivity index (χ4v) is 2.87. The Hall–Kier alpha value is -1.76. The summed E-state index contributed by atoms with van der Waals surface area (Å²) in [6.07, 6.45) is 3.18. The summed E-state index contributed by atoms with van der Waals surface area (Å²) in [7, 11) is 0. The van der Waals surface area contributed by atoms with Crippen LogP contribution >= 0.6 is 11.6 Å². The summed E-state index contributed by atoms with van der Waals surface area (Å²) in [5, 5.41) is 5.00. The van der Waals surface area contributed by atoms with E-state index in [4.69, 9.17) is 16.4 Å². The van der Waals surface area contributed by atoms with E-state index in [0.29, 0.717) is 12.5 Å². The average Bonchev–Trinajstić information content (AvgIpc) is 3.14. The standard InChI is InChI=1S/C18H19ClN2O/c1-14(2-3-15-4-6-17(19)7-5-15)9-11-22-20-18-13-21-10-8-16(18)12-21/h4-7,9,16H,8,10-13H2,1H3/b14-9-,20-18-. The zero-order chi connectivity index (χ0) is 15.4. The number of allylic oxidation sites excluding steroid dienone is 1. The highest BCUT2D eigenvalue weighted by Gasteiger charge is 2.35. The Labute approximate surface area is 136 Å². The third kappa shape index (κ3) is 3.91. The molecule has 4 heteroatoms. The van der Waals surface area contributed by atoms with Gasteiger partial charge in [-0.15, -0.1) is 0 Å². The zero-order valence-electron chi connectivity index (χ0n) is 12.7. The molecule has 22 heavy (non-hydrogen) atoms. The van der Waals surface area contributed by atoms with Crippen LogP contribution in [-0.4, -0.2) is 36.9 Å². The summed E-state index contributed by atoms with van der Waals surface area (Å²) in [5.41, 5.74) is 3.13. The van der Waals surface area contributed by atoms with Crippen molar-refractivity contribution in [2.75, 3.05) is 26.2 Å². The zero-order valence-corrected chi connectivity index (χ0v) is 13.4. The molecule has 3 rings (SSSR count). The summed E-state index contributed by atoms with van der Waals surface area (Å²) in [5.74, 6) is 6.83. The van der Waals surface area contributed by atoms with Crippen LogP contribution in [-0.2, 0) is 4.84 Å². The van der Waals surface area contributed by atoms with Crippen LogP contribution in [0.15, 0.2) is 41.1 Å². The van der Waals surface area contributed by atoms with Gasteiger partial charge in [0.1, 0.15) is 6.61 Å². The van der Waals surface area contributed by atoms with Crippen molar-refractivity contribution >= 4 is 17.3 Å². The Morgan fingerprint density at radius 1 is 1.45 bits per heavy atom. The second-order valence-electron chi connectivity index (χ2n) is 5.74.